The third kappa shape index (κ3) is 5.63. The number of rotatable bonds is 6. The van der Waals surface area contributed by atoms with Gasteiger partial charge in [0.15, 0.2) is 0 Å². The molecule has 106 valence electrons. The van der Waals surface area contributed by atoms with Crippen molar-refractivity contribution >= 4 is 27.1 Å². The molecule has 1 N–H and O–H groups in total. The van der Waals surface area contributed by atoms with Crippen molar-refractivity contribution < 1.29 is 17.4 Å². The third-order valence-corrected chi connectivity index (χ3v) is 4.29. The maximum absolute atomic E-state index is 11.8. The first-order chi connectivity index (χ1) is 8.95. The Morgan fingerprint density at radius 2 is 1.95 bits per heavy atom. The van der Waals surface area contributed by atoms with Gasteiger partial charge in [-0.2, -0.15) is 8.42 Å². The van der Waals surface area contributed by atoms with Crippen LogP contribution in [-0.4, -0.2) is 32.6 Å². The average Bonchev–Trinajstić information content (AvgIpc) is 2.36. The molecule has 0 unspecified atom stereocenters. The number of carbonyl (C=O) groups is 1. The number of thioether (sulfide) groups is 1. The molecule has 0 bridgehead atoms. The van der Waals surface area contributed by atoms with Crippen LogP contribution in [0.2, 0.25) is 0 Å². The van der Waals surface area contributed by atoms with Gasteiger partial charge < -0.3 is 5.32 Å². The molecule has 0 radical (unpaired) electrons. The van der Waals surface area contributed by atoms with Crippen LogP contribution in [0.25, 0.3) is 0 Å². The highest BCUT2D eigenvalue weighted by Crippen LogP contribution is 2.13. The van der Waals surface area contributed by atoms with E-state index in [4.69, 9.17) is 4.18 Å². The Balaban J connectivity index is 2.43. The Morgan fingerprint density at radius 3 is 2.53 bits per heavy atom. The zero-order valence-corrected chi connectivity index (χ0v) is 12.5. The summed E-state index contributed by atoms with van der Waals surface area (Å²) in [7, 11) is -3.73. The first-order valence-electron chi connectivity index (χ1n) is 5.82. The maximum atomic E-state index is 11.8. The highest BCUT2D eigenvalue weighted by molar-refractivity contribution is 8.13. The quantitative estimate of drug-likeness (QED) is 0.644. The number of hydrogen-bond acceptors (Lipinski definition) is 5. The number of nitrogens with one attached hydrogen (secondary N) is 1. The van der Waals surface area contributed by atoms with Gasteiger partial charge in [-0.15, -0.1) is 0 Å². The lowest BCUT2D eigenvalue weighted by molar-refractivity contribution is 0.261. The molecule has 0 aliphatic rings. The minimum absolute atomic E-state index is 0.0298. The van der Waals surface area contributed by atoms with Crippen molar-refractivity contribution in [2.24, 2.45) is 0 Å². The average molecular weight is 303 g/mol. The van der Waals surface area contributed by atoms with E-state index in [1.54, 1.807) is 12.1 Å². The van der Waals surface area contributed by atoms with Crippen molar-refractivity contribution in [2.75, 3.05) is 18.9 Å². The monoisotopic (exact) mass is 303 g/mol. The Hall–Kier alpha value is -1.05. The van der Waals surface area contributed by atoms with Gasteiger partial charge in [-0.25, -0.2) is 0 Å². The topological polar surface area (TPSA) is 72.5 Å². The van der Waals surface area contributed by atoms with E-state index in [9.17, 15) is 13.2 Å². The van der Waals surface area contributed by atoms with Gasteiger partial charge in [-0.1, -0.05) is 29.5 Å². The zero-order chi connectivity index (χ0) is 14.3. The summed E-state index contributed by atoms with van der Waals surface area (Å²) in [4.78, 5) is 11.2. The standard InChI is InChI=1S/C12H17NO4S2/c1-3-13-12(14)18-9-8-17-19(15,16)11-6-4-10(2)5-7-11/h4-7H,3,8-9H2,1-2H3,(H,13,14). The third-order valence-electron chi connectivity index (χ3n) is 2.19. The minimum atomic E-state index is -3.73. The predicted octanol–water partition coefficient (Wildman–Crippen LogP) is 2.16. The molecular weight excluding hydrogens is 286 g/mol. The van der Waals surface area contributed by atoms with Gasteiger partial charge in [0.25, 0.3) is 15.4 Å². The van der Waals surface area contributed by atoms with Crippen LogP contribution in [0.4, 0.5) is 4.79 Å². The van der Waals surface area contributed by atoms with Crippen molar-refractivity contribution in [1.82, 2.24) is 5.32 Å². The van der Waals surface area contributed by atoms with Gasteiger partial charge >= 0.3 is 0 Å². The second-order valence-electron chi connectivity index (χ2n) is 3.76. The molecule has 1 aromatic carbocycles. The fraction of sp³-hybridized carbons (Fsp3) is 0.417. The Labute approximate surface area is 117 Å². The van der Waals surface area contributed by atoms with E-state index >= 15 is 0 Å². The van der Waals surface area contributed by atoms with Crippen molar-refractivity contribution in [3.63, 3.8) is 0 Å². The molecule has 0 aliphatic carbocycles. The summed E-state index contributed by atoms with van der Waals surface area (Å²) in [5.41, 5.74) is 0.978. The molecule has 1 rings (SSSR count). The first-order valence-corrected chi connectivity index (χ1v) is 8.22. The van der Waals surface area contributed by atoms with E-state index in [0.29, 0.717) is 6.54 Å². The van der Waals surface area contributed by atoms with Crippen LogP contribution < -0.4 is 5.32 Å². The predicted molar refractivity (Wildman–Crippen MR) is 75.8 cm³/mol. The van der Waals surface area contributed by atoms with Crippen molar-refractivity contribution in [1.29, 1.82) is 0 Å². The lowest BCUT2D eigenvalue weighted by Crippen LogP contribution is -2.19. The highest BCUT2D eigenvalue weighted by atomic mass is 32.2. The van der Waals surface area contributed by atoms with Crippen LogP contribution in [0.1, 0.15) is 12.5 Å². The smallest absolute Gasteiger partial charge is 0.296 e. The zero-order valence-electron chi connectivity index (χ0n) is 10.9. The largest absolute Gasteiger partial charge is 0.347 e. The van der Waals surface area contributed by atoms with Crippen molar-refractivity contribution in [3.05, 3.63) is 29.8 Å². The highest BCUT2D eigenvalue weighted by Gasteiger charge is 2.14. The number of hydrogen-bond donors (Lipinski definition) is 1. The molecule has 7 heteroatoms. The molecule has 0 heterocycles. The van der Waals surface area contributed by atoms with Gasteiger partial charge in [0.2, 0.25) is 0 Å². The lowest BCUT2D eigenvalue weighted by atomic mass is 10.2. The molecule has 0 fully saturated rings. The Bertz CT molecular complexity index is 511. The molecule has 5 nitrogen and oxygen atoms in total. The minimum Gasteiger partial charge on any atom is -0.347 e. The second-order valence-corrected chi connectivity index (χ2v) is 6.44. The molecule has 0 aliphatic heterocycles. The molecule has 0 atom stereocenters. The van der Waals surface area contributed by atoms with Crippen LogP contribution in [0.15, 0.2) is 29.2 Å². The fourth-order valence-electron chi connectivity index (χ4n) is 1.25. The van der Waals surface area contributed by atoms with Crippen molar-refractivity contribution in [3.8, 4) is 0 Å². The van der Waals surface area contributed by atoms with E-state index in [2.05, 4.69) is 5.32 Å². The summed E-state index contributed by atoms with van der Waals surface area (Å²) in [6.07, 6.45) is 0. The molecule has 19 heavy (non-hydrogen) atoms. The molecule has 0 saturated heterocycles. The molecule has 1 amide bonds. The van der Waals surface area contributed by atoms with Crippen LogP contribution in [-0.2, 0) is 14.3 Å². The van der Waals surface area contributed by atoms with Gasteiger partial charge in [0, 0.05) is 12.3 Å². The summed E-state index contributed by atoms with van der Waals surface area (Å²) in [5.74, 6) is 0.289. The SMILES string of the molecule is CCNC(=O)SCCOS(=O)(=O)c1ccc(C)cc1. The summed E-state index contributed by atoms with van der Waals surface area (Å²) in [6, 6.07) is 6.42. The van der Waals surface area contributed by atoms with Gasteiger partial charge in [0.1, 0.15) is 0 Å². The van der Waals surface area contributed by atoms with Crippen LogP contribution >= 0.6 is 11.8 Å². The van der Waals surface area contributed by atoms with E-state index in [1.807, 2.05) is 13.8 Å². The van der Waals surface area contributed by atoms with Crippen LogP contribution in [0.3, 0.4) is 0 Å². The summed E-state index contributed by atoms with van der Waals surface area (Å²) < 4.78 is 28.4. The second kappa shape index (κ2) is 7.52. The normalized spacial score (nSPS) is 11.3. The summed E-state index contributed by atoms with van der Waals surface area (Å²) in [5, 5.41) is 2.42. The summed E-state index contributed by atoms with van der Waals surface area (Å²) in [6.45, 7) is 4.21. The van der Waals surface area contributed by atoms with E-state index in [-0.39, 0.29) is 22.5 Å². The lowest BCUT2D eigenvalue weighted by Gasteiger charge is -2.05. The van der Waals surface area contributed by atoms with Crippen LogP contribution in [0, 0.1) is 6.92 Å². The van der Waals surface area contributed by atoms with Gasteiger partial charge in [0.05, 0.1) is 11.5 Å². The van der Waals surface area contributed by atoms with E-state index in [0.717, 1.165) is 17.3 Å². The Morgan fingerprint density at radius 1 is 1.32 bits per heavy atom. The number of benzene rings is 1. The van der Waals surface area contributed by atoms with E-state index < -0.39 is 10.1 Å². The molecule has 0 aromatic heterocycles. The summed E-state index contributed by atoms with van der Waals surface area (Å²) >= 11 is 1.000. The number of carbonyl (C=O) groups excluding carboxylic acids is 1. The molecular formula is C12H17NO4S2. The first kappa shape index (κ1) is 16.0. The van der Waals surface area contributed by atoms with Crippen LogP contribution in [0.5, 0.6) is 0 Å². The Kier molecular flexibility index (Phi) is 6.33. The molecule has 0 spiro atoms. The maximum Gasteiger partial charge on any atom is 0.296 e. The fourth-order valence-corrected chi connectivity index (χ4v) is 2.86. The van der Waals surface area contributed by atoms with Gasteiger partial charge in [-0.05, 0) is 26.0 Å². The van der Waals surface area contributed by atoms with E-state index in [1.165, 1.54) is 12.1 Å². The molecule has 0 saturated carbocycles. The number of amides is 1. The molecule has 1 aromatic rings. The van der Waals surface area contributed by atoms with Crippen molar-refractivity contribution in [2.45, 2.75) is 18.7 Å². The van der Waals surface area contributed by atoms with Gasteiger partial charge in [-0.3, -0.25) is 8.98 Å². The number of aryl methyl sites for hydroxylation is 1.